The van der Waals surface area contributed by atoms with Crippen molar-refractivity contribution in [2.45, 2.75) is 51.0 Å². The fraction of sp³-hybridized carbons (Fsp3) is 0.647. The van der Waals surface area contributed by atoms with Gasteiger partial charge in [0, 0.05) is 24.3 Å². The SMILES string of the molecule is CC(C)c1ccc(N2CCC3(CCCCN3)C2)cc1. The van der Waals surface area contributed by atoms with Crippen LogP contribution in [0.5, 0.6) is 0 Å². The summed E-state index contributed by atoms with van der Waals surface area (Å²) in [6.07, 6.45) is 5.41. The minimum atomic E-state index is 0.412. The van der Waals surface area contributed by atoms with Crippen molar-refractivity contribution in [3.05, 3.63) is 29.8 Å². The minimum Gasteiger partial charge on any atom is -0.370 e. The summed E-state index contributed by atoms with van der Waals surface area (Å²) in [7, 11) is 0. The lowest BCUT2D eigenvalue weighted by atomic mass is 9.88. The molecule has 3 rings (SSSR count). The number of hydrogen-bond acceptors (Lipinski definition) is 2. The van der Waals surface area contributed by atoms with Crippen molar-refractivity contribution in [3.63, 3.8) is 0 Å². The highest BCUT2D eigenvalue weighted by atomic mass is 15.2. The second-order valence-corrected chi connectivity index (χ2v) is 6.58. The third-order valence-corrected chi connectivity index (χ3v) is 4.86. The first-order valence-electron chi connectivity index (χ1n) is 7.79. The predicted octanol–water partition coefficient (Wildman–Crippen LogP) is 3.53. The Hall–Kier alpha value is -1.02. The van der Waals surface area contributed by atoms with Gasteiger partial charge in [-0.1, -0.05) is 32.4 Å². The highest BCUT2D eigenvalue weighted by molar-refractivity contribution is 5.50. The molecule has 2 aliphatic rings. The van der Waals surface area contributed by atoms with Crippen molar-refractivity contribution in [1.29, 1.82) is 0 Å². The van der Waals surface area contributed by atoms with Gasteiger partial charge in [0.15, 0.2) is 0 Å². The first kappa shape index (κ1) is 13.0. The molecule has 0 aliphatic carbocycles. The molecule has 0 bridgehead atoms. The standard InChI is InChI=1S/C17H26N2/c1-14(2)15-5-7-16(8-6-15)19-12-10-17(13-19)9-3-4-11-18-17/h5-8,14,18H,3-4,9-13H2,1-2H3. The maximum absolute atomic E-state index is 3.78. The normalized spacial score (nSPS) is 27.4. The number of nitrogens with zero attached hydrogens (tertiary/aromatic N) is 1. The van der Waals surface area contributed by atoms with Crippen LogP contribution < -0.4 is 10.2 Å². The Kier molecular flexibility index (Phi) is 3.53. The van der Waals surface area contributed by atoms with Gasteiger partial charge in [-0.15, -0.1) is 0 Å². The molecule has 2 heterocycles. The molecule has 104 valence electrons. The lowest BCUT2D eigenvalue weighted by Crippen LogP contribution is -2.50. The monoisotopic (exact) mass is 258 g/mol. The Morgan fingerprint density at radius 1 is 1.11 bits per heavy atom. The average molecular weight is 258 g/mol. The summed E-state index contributed by atoms with van der Waals surface area (Å²) < 4.78 is 0. The molecule has 2 heteroatoms. The number of piperidine rings is 1. The van der Waals surface area contributed by atoms with Gasteiger partial charge in [-0.25, -0.2) is 0 Å². The second kappa shape index (κ2) is 5.16. The Bertz CT molecular complexity index is 415. The van der Waals surface area contributed by atoms with Gasteiger partial charge in [-0.3, -0.25) is 0 Å². The van der Waals surface area contributed by atoms with Crippen LogP contribution in [0.4, 0.5) is 5.69 Å². The molecular formula is C17H26N2. The third kappa shape index (κ3) is 2.64. The summed E-state index contributed by atoms with van der Waals surface area (Å²) in [4.78, 5) is 2.56. The number of anilines is 1. The Balaban J connectivity index is 1.70. The summed E-state index contributed by atoms with van der Waals surface area (Å²) in [5.41, 5.74) is 3.25. The molecule has 1 spiro atoms. The molecule has 1 aromatic carbocycles. The maximum Gasteiger partial charge on any atom is 0.0374 e. The van der Waals surface area contributed by atoms with Crippen molar-refractivity contribution < 1.29 is 0 Å². The summed E-state index contributed by atoms with van der Waals surface area (Å²) in [6.45, 7) is 8.11. The van der Waals surface area contributed by atoms with E-state index in [9.17, 15) is 0 Å². The molecule has 0 saturated carbocycles. The van der Waals surface area contributed by atoms with Gasteiger partial charge in [0.05, 0.1) is 0 Å². The van der Waals surface area contributed by atoms with Gasteiger partial charge < -0.3 is 10.2 Å². The molecule has 1 aromatic rings. The highest BCUT2D eigenvalue weighted by Crippen LogP contribution is 2.32. The Morgan fingerprint density at radius 2 is 1.89 bits per heavy atom. The summed E-state index contributed by atoms with van der Waals surface area (Å²) in [5, 5.41) is 3.78. The van der Waals surface area contributed by atoms with Crippen LogP contribution in [0.3, 0.4) is 0 Å². The topological polar surface area (TPSA) is 15.3 Å². The first-order valence-corrected chi connectivity index (χ1v) is 7.79. The molecule has 2 fully saturated rings. The van der Waals surface area contributed by atoms with Crippen LogP contribution in [0.15, 0.2) is 24.3 Å². The van der Waals surface area contributed by atoms with E-state index in [1.807, 2.05) is 0 Å². The van der Waals surface area contributed by atoms with Crippen molar-refractivity contribution in [2.75, 3.05) is 24.5 Å². The summed E-state index contributed by atoms with van der Waals surface area (Å²) in [5.74, 6) is 0.624. The zero-order chi connectivity index (χ0) is 13.3. The molecule has 1 atom stereocenters. The molecule has 2 nitrogen and oxygen atoms in total. The van der Waals surface area contributed by atoms with E-state index >= 15 is 0 Å². The smallest absolute Gasteiger partial charge is 0.0374 e. The first-order chi connectivity index (χ1) is 9.19. The highest BCUT2D eigenvalue weighted by Gasteiger charge is 2.38. The van der Waals surface area contributed by atoms with E-state index in [2.05, 4.69) is 48.3 Å². The summed E-state index contributed by atoms with van der Waals surface area (Å²) in [6, 6.07) is 9.19. The van der Waals surface area contributed by atoms with Gasteiger partial charge in [-0.05, 0) is 49.4 Å². The van der Waals surface area contributed by atoms with Crippen LogP contribution in [-0.2, 0) is 0 Å². The number of rotatable bonds is 2. The van der Waals surface area contributed by atoms with Crippen molar-refractivity contribution in [2.24, 2.45) is 0 Å². The van der Waals surface area contributed by atoms with Gasteiger partial charge in [-0.2, -0.15) is 0 Å². The number of nitrogens with one attached hydrogen (secondary N) is 1. The zero-order valence-corrected chi connectivity index (χ0v) is 12.3. The second-order valence-electron chi connectivity index (χ2n) is 6.58. The number of benzene rings is 1. The minimum absolute atomic E-state index is 0.412. The lowest BCUT2D eigenvalue weighted by molar-refractivity contribution is 0.280. The molecule has 0 radical (unpaired) electrons. The van der Waals surface area contributed by atoms with Crippen LogP contribution >= 0.6 is 0 Å². The van der Waals surface area contributed by atoms with Crippen molar-refractivity contribution in [3.8, 4) is 0 Å². The van der Waals surface area contributed by atoms with Crippen LogP contribution in [0.2, 0.25) is 0 Å². The molecule has 0 aromatic heterocycles. The fourth-order valence-electron chi connectivity index (χ4n) is 3.54. The zero-order valence-electron chi connectivity index (χ0n) is 12.3. The van der Waals surface area contributed by atoms with E-state index in [0.717, 1.165) is 0 Å². The van der Waals surface area contributed by atoms with Crippen LogP contribution in [-0.4, -0.2) is 25.2 Å². The maximum atomic E-state index is 3.78. The van der Waals surface area contributed by atoms with Gasteiger partial charge in [0.25, 0.3) is 0 Å². The van der Waals surface area contributed by atoms with Gasteiger partial charge >= 0.3 is 0 Å². The summed E-state index contributed by atoms with van der Waals surface area (Å²) >= 11 is 0. The molecule has 2 saturated heterocycles. The molecule has 2 aliphatic heterocycles. The Labute approximate surface area is 117 Å². The van der Waals surface area contributed by atoms with Gasteiger partial charge in [0.2, 0.25) is 0 Å². The van der Waals surface area contributed by atoms with E-state index in [1.165, 1.54) is 56.6 Å². The van der Waals surface area contributed by atoms with Crippen LogP contribution in [0.25, 0.3) is 0 Å². The Morgan fingerprint density at radius 3 is 2.53 bits per heavy atom. The predicted molar refractivity (Wildman–Crippen MR) is 81.9 cm³/mol. The van der Waals surface area contributed by atoms with E-state index in [-0.39, 0.29) is 0 Å². The molecule has 19 heavy (non-hydrogen) atoms. The van der Waals surface area contributed by atoms with E-state index < -0.39 is 0 Å². The van der Waals surface area contributed by atoms with Crippen LogP contribution in [0, 0.1) is 0 Å². The quantitative estimate of drug-likeness (QED) is 0.873. The van der Waals surface area contributed by atoms with Crippen molar-refractivity contribution in [1.82, 2.24) is 5.32 Å². The molecule has 0 amide bonds. The largest absolute Gasteiger partial charge is 0.370 e. The third-order valence-electron chi connectivity index (χ3n) is 4.86. The lowest BCUT2D eigenvalue weighted by Gasteiger charge is -2.35. The fourth-order valence-corrected chi connectivity index (χ4v) is 3.54. The molecule has 1 unspecified atom stereocenters. The average Bonchev–Trinajstić information content (AvgIpc) is 2.83. The van der Waals surface area contributed by atoms with E-state index in [1.54, 1.807) is 0 Å². The van der Waals surface area contributed by atoms with Crippen LogP contribution in [0.1, 0.15) is 51.0 Å². The number of hydrogen-bond donors (Lipinski definition) is 1. The molecule has 1 N–H and O–H groups in total. The van der Waals surface area contributed by atoms with Gasteiger partial charge in [0.1, 0.15) is 0 Å². The molecular weight excluding hydrogens is 232 g/mol. The van der Waals surface area contributed by atoms with E-state index in [4.69, 9.17) is 0 Å². The van der Waals surface area contributed by atoms with Crippen molar-refractivity contribution >= 4 is 5.69 Å². The van der Waals surface area contributed by atoms with E-state index in [0.29, 0.717) is 11.5 Å².